The normalized spacial score (nSPS) is 10.9. The van der Waals surface area contributed by atoms with Crippen molar-refractivity contribution >= 4 is 27.8 Å². The molecule has 0 bridgehead atoms. The number of aromatic nitrogens is 2. The number of ether oxygens (including phenoxy) is 1. The first kappa shape index (κ1) is 17.6. The molecule has 10 heteroatoms. The molecule has 1 aromatic carbocycles. The number of hydrogen-bond acceptors (Lipinski definition) is 7. The lowest BCUT2D eigenvalue weighted by Crippen LogP contribution is -2.13. The monoisotopic (exact) mass is 351 g/mol. The average molecular weight is 351 g/mol. The predicted octanol–water partition coefficient (Wildman–Crippen LogP) is 0.957. The van der Waals surface area contributed by atoms with Crippen LogP contribution in [-0.4, -0.2) is 38.4 Å². The maximum absolute atomic E-state index is 11.2. The van der Waals surface area contributed by atoms with Crippen LogP contribution in [0.25, 0.3) is 0 Å². The van der Waals surface area contributed by atoms with E-state index >= 15 is 0 Å². The van der Waals surface area contributed by atoms with E-state index in [-0.39, 0.29) is 10.7 Å². The van der Waals surface area contributed by atoms with Crippen molar-refractivity contribution < 1.29 is 17.9 Å². The molecule has 1 heterocycles. The molecule has 9 nitrogen and oxygen atoms in total. The summed E-state index contributed by atoms with van der Waals surface area (Å²) in [5.41, 5.74) is 0.951. The van der Waals surface area contributed by atoms with Crippen molar-refractivity contribution in [3.63, 3.8) is 0 Å². The lowest BCUT2D eigenvalue weighted by Gasteiger charge is -2.07. The van der Waals surface area contributed by atoms with Gasteiger partial charge in [0.2, 0.25) is 10.0 Å². The standard InChI is InChI=1S/C14H17N5O4S/c1-23-14(20)17-13-7-6-12(18-19-13)16-9-8-10-2-4-11(5-3-10)24(15,21)22/h2-7H,8-9H2,1H3,(H,16,18)(H2,15,21,22)(H,17,19,20). The molecule has 0 saturated carbocycles. The summed E-state index contributed by atoms with van der Waals surface area (Å²) in [5.74, 6) is 0.831. The van der Waals surface area contributed by atoms with Crippen molar-refractivity contribution in [3.05, 3.63) is 42.0 Å². The van der Waals surface area contributed by atoms with E-state index in [9.17, 15) is 13.2 Å². The van der Waals surface area contributed by atoms with Gasteiger partial charge in [0.25, 0.3) is 0 Å². The van der Waals surface area contributed by atoms with Crippen LogP contribution in [0.15, 0.2) is 41.3 Å². The summed E-state index contributed by atoms with van der Waals surface area (Å²) in [5, 5.41) is 18.3. The number of amides is 1. The molecule has 0 aliphatic heterocycles. The fraction of sp³-hybridized carbons (Fsp3) is 0.214. The maximum atomic E-state index is 11.2. The molecule has 2 rings (SSSR count). The van der Waals surface area contributed by atoms with Gasteiger partial charge in [-0.25, -0.2) is 18.4 Å². The van der Waals surface area contributed by atoms with Gasteiger partial charge in [0.05, 0.1) is 12.0 Å². The van der Waals surface area contributed by atoms with Crippen molar-refractivity contribution in [3.8, 4) is 0 Å². The van der Waals surface area contributed by atoms with E-state index in [0.717, 1.165) is 5.56 Å². The minimum atomic E-state index is -3.67. The van der Waals surface area contributed by atoms with E-state index in [2.05, 4.69) is 25.6 Å². The van der Waals surface area contributed by atoms with E-state index in [1.807, 2.05) is 0 Å². The minimum Gasteiger partial charge on any atom is -0.453 e. The zero-order valence-corrected chi connectivity index (χ0v) is 13.7. The molecule has 24 heavy (non-hydrogen) atoms. The first-order valence-corrected chi connectivity index (χ1v) is 8.47. The molecule has 2 aromatic rings. The Balaban J connectivity index is 1.84. The van der Waals surface area contributed by atoms with E-state index in [0.29, 0.717) is 18.8 Å². The molecule has 4 N–H and O–H groups in total. The van der Waals surface area contributed by atoms with Crippen LogP contribution in [0.5, 0.6) is 0 Å². The Labute approximate surface area is 139 Å². The molecule has 1 amide bonds. The Bertz CT molecular complexity index is 791. The second-order valence-electron chi connectivity index (χ2n) is 4.79. The van der Waals surface area contributed by atoms with Crippen molar-refractivity contribution in [2.75, 3.05) is 24.3 Å². The van der Waals surface area contributed by atoms with Crippen molar-refractivity contribution in [2.45, 2.75) is 11.3 Å². The number of nitrogens with one attached hydrogen (secondary N) is 2. The molecular weight excluding hydrogens is 334 g/mol. The number of primary sulfonamides is 1. The number of nitrogens with two attached hydrogens (primary N) is 1. The van der Waals surface area contributed by atoms with E-state index in [1.54, 1.807) is 24.3 Å². The number of carbonyl (C=O) groups is 1. The Morgan fingerprint density at radius 3 is 2.29 bits per heavy atom. The van der Waals surface area contributed by atoms with Gasteiger partial charge < -0.3 is 10.1 Å². The summed E-state index contributed by atoms with van der Waals surface area (Å²) in [4.78, 5) is 11.1. The summed E-state index contributed by atoms with van der Waals surface area (Å²) >= 11 is 0. The molecule has 0 radical (unpaired) electrons. The fourth-order valence-electron chi connectivity index (χ4n) is 1.83. The number of anilines is 2. The molecule has 0 saturated heterocycles. The van der Waals surface area contributed by atoms with Gasteiger partial charge in [0.15, 0.2) is 5.82 Å². The van der Waals surface area contributed by atoms with E-state index in [1.165, 1.54) is 19.2 Å². The average Bonchev–Trinajstić information content (AvgIpc) is 2.56. The number of methoxy groups -OCH3 is 1. The van der Waals surface area contributed by atoms with Gasteiger partial charge in [-0.15, -0.1) is 10.2 Å². The SMILES string of the molecule is COC(=O)Nc1ccc(NCCc2ccc(S(N)(=O)=O)cc2)nn1. The van der Waals surface area contributed by atoms with Crippen LogP contribution in [-0.2, 0) is 21.2 Å². The van der Waals surface area contributed by atoms with E-state index < -0.39 is 16.1 Å². The molecule has 0 unspecified atom stereocenters. The zero-order valence-electron chi connectivity index (χ0n) is 12.9. The summed E-state index contributed by atoms with van der Waals surface area (Å²) in [6, 6.07) is 9.61. The topological polar surface area (TPSA) is 136 Å². The van der Waals surface area contributed by atoms with Gasteiger partial charge in [-0.2, -0.15) is 0 Å². The first-order chi connectivity index (χ1) is 11.4. The quantitative estimate of drug-likeness (QED) is 0.705. The van der Waals surface area contributed by atoms with Crippen molar-refractivity contribution in [2.24, 2.45) is 5.14 Å². The van der Waals surface area contributed by atoms with Gasteiger partial charge in [0, 0.05) is 6.54 Å². The number of carbonyl (C=O) groups excluding carboxylic acids is 1. The van der Waals surface area contributed by atoms with Crippen LogP contribution < -0.4 is 15.8 Å². The molecule has 1 aromatic heterocycles. The number of benzene rings is 1. The largest absolute Gasteiger partial charge is 0.453 e. The predicted molar refractivity (Wildman–Crippen MR) is 88.1 cm³/mol. The van der Waals surface area contributed by atoms with Gasteiger partial charge in [-0.1, -0.05) is 12.1 Å². The molecule has 0 aliphatic carbocycles. The Hall–Kier alpha value is -2.72. The third-order valence-corrected chi connectivity index (χ3v) is 3.98. The first-order valence-electron chi connectivity index (χ1n) is 6.93. The Morgan fingerprint density at radius 1 is 1.12 bits per heavy atom. The summed E-state index contributed by atoms with van der Waals surface area (Å²) < 4.78 is 26.8. The number of sulfonamides is 1. The van der Waals surface area contributed by atoms with Crippen LogP contribution in [0, 0.1) is 0 Å². The Morgan fingerprint density at radius 2 is 1.75 bits per heavy atom. The minimum absolute atomic E-state index is 0.0822. The molecule has 128 valence electrons. The van der Waals surface area contributed by atoms with Crippen LogP contribution in [0.1, 0.15) is 5.56 Å². The van der Waals surface area contributed by atoms with Gasteiger partial charge in [0.1, 0.15) is 5.82 Å². The van der Waals surface area contributed by atoms with Crippen molar-refractivity contribution in [1.29, 1.82) is 0 Å². The molecule has 0 fully saturated rings. The lowest BCUT2D eigenvalue weighted by atomic mass is 10.1. The second-order valence-corrected chi connectivity index (χ2v) is 6.35. The highest BCUT2D eigenvalue weighted by Gasteiger charge is 2.06. The van der Waals surface area contributed by atoms with Gasteiger partial charge >= 0.3 is 6.09 Å². The smallest absolute Gasteiger partial charge is 0.412 e. The zero-order chi connectivity index (χ0) is 17.6. The van der Waals surface area contributed by atoms with Gasteiger partial charge in [-0.05, 0) is 36.2 Å². The molecular formula is C14H17N5O4S. The highest BCUT2D eigenvalue weighted by Crippen LogP contribution is 2.10. The number of rotatable bonds is 6. The number of nitrogens with zero attached hydrogens (tertiary/aromatic N) is 2. The molecule has 0 atom stereocenters. The van der Waals surface area contributed by atoms with Gasteiger partial charge in [-0.3, -0.25) is 5.32 Å². The summed E-state index contributed by atoms with van der Waals surface area (Å²) in [6.07, 6.45) is 0.0438. The van der Waals surface area contributed by atoms with E-state index in [4.69, 9.17) is 5.14 Å². The fourth-order valence-corrected chi connectivity index (χ4v) is 2.34. The Kier molecular flexibility index (Phi) is 5.66. The third-order valence-electron chi connectivity index (χ3n) is 3.05. The highest BCUT2D eigenvalue weighted by molar-refractivity contribution is 7.89. The van der Waals surface area contributed by atoms with Crippen LogP contribution in [0.2, 0.25) is 0 Å². The van der Waals surface area contributed by atoms with Crippen LogP contribution in [0.4, 0.5) is 16.4 Å². The summed E-state index contributed by atoms with van der Waals surface area (Å²) in [7, 11) is -2.41. The number of hydrogen-bond donors (Lipinski definition) is 3. The maximum Gasteiger partial charge on any atom is 0.412 e. The third kappa shape index (κ3) is 5.18. The second kappa shape index (κ2) is 7.70. The molecule has 0 spiro atoms. The lowest BCUT2D eigenvalue weighted by molar-refractivity contribution is 0.187. The molecule has 0 aliphatic rings. The highest BCUT2D eigenvalue weighted by atomic mass is 32.2. The summed E-state index contributed by atoms with van der Waals surface area (Å²) in [6.45, 7) is 0.577. The van der Waals surface area contributed by atoms with Crippen molar-refractivity contribution in [1.82, 2.24) is 10.2 Å². The van der Waals surface area contributed by atoms with Crippen LogP contribution >= 0.6 is 0 Å². The van der Waals surface area contributed by atoms with Crippen LogP contribution in [0.3, 0.4) is 0 Å².